The summed E-state index contributed by atoms with van der Waals surface area (Å²) in [6, 6.07) is 5.18. The van der Waals surface area contributed by atoms with Gasteiger partial charge in [-0.25, -0.2) is 9.37 Å². The molecule has 17 heavy (non-hydrogen) atoms. The van der Waals surface area contributed by atoms with Gasteiger partial charge in [-0.3, -0.25) is 4.98 Å². The van der Waals surface area contributed by atoms with Gasteiger partial charge in [0.15, 0.2) is 5.82 Å². The molecule has 0 radical (unpaired) electrons. The number of nitrogens with zero attached hydrogens (tertiary/aromatic N) is 3. The molecule has 0 aliphatic rings. The molecule has 2 rings (SSSR count). The minimum Gasteiger partial charge on any atom is -0.264 e. The van der Waals surface area contributed by atoms with Crippen molar-refractivity contribution in [1.29, 1.82) is 5.26 Å². The standard InChI is InChI=1S/C13H10FN3/c1-8-3-4-16-7-12(8)11-5-10(6-15)17-9(2)13(11)14/h3-5,7H,1-2H3. The van der Waals surface area contributed by atoms with E-state index in [0.717, 1.165) is 5.56 Å². The molecule has 0 bridgehead atoms. The molecule has 0 aliphatic heterocycles. The zero-order valence-corrected chi connectivity index (χ0v) is 9.53. The van der Waals surface area contributed by atoms with E-state index in [1.54, 1.807) is 25.4 Å². The number of aromatic nitrogens is 2. The van der Waals surface area contributed by atoms with E-state index in [-0.39, 0.29) is 11.4 Å². The van der Waals surface area contributed by atoms with Crippen molar-refractivity contribution in [3.05, 3.63) is 47.3 Å². The van der Waals surface area contributed by atoms with Crippen molar-refractivity contribution in [2.24, 2.45) is 0 Å². The molecule has 2 aromatic rings. The molecule has 4 heteroatoms. The average molecular weight is 227 g/mol. The first-order valence-electron chi connectivity index (χ1n) is 5.11. The lowest BCUT2D eigenvalue weighted by Gasteiger charge is -2.08. The fraction of sp³-hybridized carbons (Fsp3) is 0.154. The molecule has 3 nitrogen and oxygen atoms in total. The number of rotatable bonds is 1. The predicted molar refractivity (Wildman–Crippen MR) is 61.6 cm³/mol. The third-order valence-corrected chi connectivity index (χ3v) is 2.57. The van der Waals surface area contributed by atoms with Gasteiger partial charge >= 0.3 is 0 Å². The molecule has 0 saturated heterocycles. The SMILES string of the molecule is Cc1ccncc1-c1cc(C#N)nc(C)c1F. The highest BCUT2D eigenvalue weighted by molar-refractivity contribution is 5.68. The van der Waals surface area contributed by atoms with Crippen LogP contribution < -0.4 is 0 Å². The lowest BCUT2D eigenvalue weighted by molar-refractivity contribution is 0.612. The number of aryl methyl sites for hydroxylation is 2. The van der Waals surface area contributed by atoms with Crippen molar-refractivity contribution in [1.82, 2.24) is 9.97 Å². The van der Waals surface area contributed by atoms with E-state index in [1.807, 2.05) is 13.0 Å². The summed E-state index contributed by atoms with van der Waals surface area (Å²) in [5.74, 6) is -0.403. The summed E-state index contributed by atoms with van der Waals surface area (Å²) in [7, 11) is 0. The summed E-state index contributed by atoms with van der Waals surface area (Å²) >= 11 is 0. The zero-order valence-electron chi connectivity index (χ0n) is 9.53. The number of nitriles is 1. The van der Waals surface area contributed by atoms with Crippen molar-refractivity contribution in [2.75, 3.05) is 0 Å². The lowest BCUT2D eigenvalue weighted by Crippen LogP contribution is -1.97. The molecule has 0 saturated carbocycles. The second kappa shape index (κ2) is 4.30. The van der Waals surface area contributed by atoms with Crippen LogP contribution in [0.25, 0.3) is 11.1 Å². The maximum absolute atomic E-state index is 14.0. The monoisotopic (exact) mass is 227 g/mol. The number of pyridine rings is 2. The van der Waals surface area contributed by atoms with E-state index < -0.39 is 5.82 Å². The predicted octanol–water partition coefficient (Wildman–Crippen LogP) is 2.77. The van der Waals surface area contributed by atoms with Crippen molar-refractivity contribution < 1.29 is 4.39 Å². The first kappa shape index (κ1) is 11.2. The molecule has 0 unspecified atom stereocenters. The van der Waals surface area contributed by atoms with Crippen LogP contribution in [0.1, 0.15) is 17.0 Å². The Kier molecular flexibility index (Phi) is 2.84. The van der Waals surface area contributed by atoms with Gasteiger partial charge < -0.3 is 0 Å². The van der Waals surface area contributed by atoms with E-state index in [4.69, 9.17) is 5.26 Å². The molecule has 0 fully saturated rings. The average Bonchev–Trinajstić information content (AvgIpc) is 2.33. The maximum atomic E-state index is 14.0. The highest BCUT2D eigenvalue weighted by Gasteiger charge is 2.13. The van der Waals surface area contributed by atoms with Gasteiger partial charge in [0, 0.05) is 23.5 Å². The minimum absolute atomic E-state index is 0.210. The van der Waals surface area contributed by atoms with E-state index in [0.29, 0.717) is 11.1 Å². The summed E-state index contributed by atoms with van der Waals surface area (Å²) in [6.07, 6.45) is 3.24. The van der Waals surface area contributed by atoms with Crippen LogP contribution >= 0.6 is 0 Å². The molecule has 2 heterocycles. The van der Waals surface area contributed by atoms with Gasteiger partial charge in [-0.15, -0.1) is 0 Å². The Balaban J connectivity index is 2.72. The molecule has 84 valence electrons. The molecule has 2 aromatic heterocycles. The number of hydrogen-bond acceptors (Lipinski definition) is 3. The summed E-state index contributed by atoms with van der Waals surface area (Å²) < 4.78 is 14.0. The van der Waals surface area contributed by atoms with Crippen molar-refractivity contribution in [3.8, 4) is 17.2 Å². The third kappa shape index (κ3) is 2.00. The van der Waals surface area contributed by atoms with E-state index in [9.17, 15) is 4.39 Å². The molecule has 0 aromatic carbocycles. The fourth-order valence-electron chi connectivity index (χ4n) is 1.66. The van der Waals surface area contributed by atoms with Gasteiger partial charge in [0.05, 0.1) is 5.69 Å². The normalized spacial score (nSPS) is 10.0. The first-order chi connectivity index (χ1) is 8.13. The number of hydrogen-bond donors (Lipinski definition) is 0. The molecule has 0 spiro atoms. The zero-order chi connectivity index (χ0) is 12.4. The van der Waals surface area contributed by atoms with Gasteiger partial charge in [-0.2, -0.15) is 5.26 Å². The van der Waals surface area contributed by atoms with Gasteiger partial charge in [0.25, 0.3) is 0 Å². The van der Waals surface area contributed by atoms with Gasteiger partial charge in [-0.05, 0) is 31.5 Å². The molecule has 0 amide bonds. The minimum atomic E-state index is -0.403. The summed E-state index contributed by atoms with van der Waals surface area (Å²) in [5.41, 5.74) is 2.41. The van der Waals surface area contributed by atoms with Crippen LogP contribution in [0.4, 0.5) is 4.39 Å². The molecular formula is C13H10FN3. The van der Waals surface area contributed by atoms with Gasteiger partial charge in [0.1, 0.15) is 11.8 Å². The molecular weight excluding hydrogens is 217 g/mol. The Hall–Kier alpha value is -2.28. The first-order valence-corrected chi connectivity index (χ1v) is 5.11. The van der Waals surface area contributed by atoms with Crippen LogP contribution in [0, 0.1) is 31.0 Å². The second-order valence-corrected chi connectivity index (χ2v) is 3.76. The van der Waals surface area contributed by atoms with Crippen LogP contribution in [0.2, 0.25) is 0 Å². The van der Waals surface area contributed by atoms with E-state index in [1.165, 1.54) is 6.07 Å². The van der Waals surface area contributed by atoms with Crippen LogP contribution in [-0.2, 0) is 0 Å². The Morgan fingerprint density at radius 3 is 2.71 bits per heavy atom. The largest absolute Gasteiger partial charge is 0.264 e. The maximum Gasteiger partial charge on any atom is 0.152 e. The lowest BCUT2D eigenvalue weighted by atomic mass is 10.0. The highest BCUT2D eigenvalue weighted by atomic mass is 19.1. The molecule has 0 N–H and O–H groups in total. The van der Waals surface area contributed by atoms with Gasteiger partial charge in [0.2, 0.25) is 0 Å². The Morgan fingerprint density at radius 2 is 2.06 bits per heavy atom. The highest BCUT2D eigenvalue weighted by Crippen LogP contribution is 2.26. The van der Waals surface area contributed by atoms with Crippen molar-refractivity contribution in [3.63, 3.8) is 0 Å². The van der Waals surface area contributed by atoms with Crippen LogP contribution in [0.5, 0.6) is 0 Å². The number of halogens is 1. The summed E-state index contributed by atoms with van der Waals surface area (Å²) in [6.45, 7) is 3.42. The van der Waals surface area contributed by atoms with E-state index in [2.05, 4.69) is 9.97 Å². The quantitative estimate of drug-likeness (QED) is 0.752. The van der Waals surface area contributed by atoms with Crippen molar-refractivity contribution in [2.45, 2.75) is 13.8 Å². The Bertz CT molecular complexity index is 615. The smallest absolute Gasteiger partial charge is 0.152 e. The topological polar surface area (TPSA) is 49.6 Å². The summed E-state index contributed by atoms with van der Waals surface area (Å²) in [4.78, 5) is 7.83. The third-order valence-electron chi connectivity index (χ3n) is 2.57. The van der Waals surface area contributed by atoms with Crippen molar-refractivity contribution >= 4 is 0 Å². The van der Waals surface area contributed by atoms with Crippen LogP contribution in [0.3, 0.4) is 0 Å². The fourth-order valence-corrected chi connectivity index (χ4v) is 1.66. The second-order valence-electron chi connectivity index (χ2n) is 3.76. The molecule has 0 atom stereocenters. The van der Waals surface area contributed by atoms with Crippen LogP contribution in [-0.4, -0.2) is 9.97 Å². The van der Waals surface area contributed by atoms with E-state index >= 15 is 0 Å². The molecule has 0 aliphatic carbocycles. The summed E-state index contributed by atoms with van der Waals surface area (Å²) in [5, 5.41) is 8.84. The van der Waals surface area contributed by atoms with Crippen LogP contribution in [0.15, 0.2) is 24.5 Å². The Morgan fingerprint density at radius 1 is 1.29 bits per heavy atom. The Labute approximate surface area is 98.6 Å². The van der Waals surface area contributed by atoms with Gasteiger partial charge in [-0.1, -0.05) is 0 Å².